The third kappa shape index (κ3) is 3.15. The maximum atomic E-state index is 13.9. The summed E-state index contributed by atoms with van der Waals surface area (Å²) in [4.78, 5) is 4.19. The van der Waals surface area contributed by atoms with Crippen molar-refractivity contribution in [3.63, 3.8) is 0 Å². The van der Waals surface area contributed by atoms with Gasteiger partial charge < -0.3 is 5.32 Å². The highest BCUT2D eigenvalue weighted by Crippen LogP contribution is 2.25. The third-order valence-electron chi connectivity index (χ3n) is 2.87. The number of hydrogen-bond acceptors (Lipinski definition) is 2. The summed E-state index contributed by atoms with van der Waals surface area (Å²) in [5.74, 6) is -1.11. The summed E-state index contributed by atoms with van der Waals surface area (Å²) in [5, 5.41) is 3.14. The maximum absolute atomic E-state index is 13.9. The molecule has 0 bridgehead atoms. The number of benzene rings is 1. The quantitative estimate of drug-likeness (QED) is 0.892. The van der Waals surface area contributed by atoms with E-state index in [0.29, 0.717) is 12.2 Å². The molecule has 4 heteroatoms. The minimum atomic E-state index is -0.567. The van der Waals surface area contributed by atoms with E-state index in [-0.39, 0.29) is 5.56 Å². The van der Waals surface area contributed by atoms with Gasteiger partial charge in [-0.2, -0.15) is 0 Å². The van der Waals surface area contributed by atoms with Crippen LogP contribution in [-0.2, 0) is 0 Å². The molecule has 2 aromatic rings. The third-order valence-corrected chi connectivity index (χ3v) is 2.87. The van der Waals surface area contributed by atoms with Gasteiger partial charge in [0.25, 0.3) is 0 Å². The minimum absolute atomic E-state index is 0.0228. The Kier molecular flexibility index (Phi) is 4.58. The van der Waals surface area contributed by atoms with Gasteiger partial charge in [-0.05, 0) is 37.2 Å². The predicted octanol–water partition coefficient (Wildman–Crippen LogP) is 3.45. The van der Waals surface area contributed by atoms with E-state index in [0.717, 1.165) is 6.42 Å². The number of nitrogens with zero attached hydrogens (tertiary/aromatic N) is 1. The van der Waals surface area contributed by atoms with Gasteiger partial charge in [0.2, 0.25) is 0 Å². The van der Waals surface area contributed by atoms with Gasteiger partial charge in [-0.3, -0.25) is 4.98 Å². The molecule has 0 saturated carbocycles. The van der Waals surface area contributed by atoms with Crippen molar-refractivity contribution in [2.45, 2.75) is 19.4 Å². The van der Waals surface area contributed by atoms with Crippen molar-refractivity contribution in [3.8, 4) is 0 Å². The fraction of sp³-hybridized carbons (Fsp3) is 0.267. The van der Waals surface area contributed by atoms with Gasteiger partial charge >= 0.3 is 0 Å². The highest BCUT2D eigenvalue weighted by molar-refractivity contribution is 5.30. The molecule has 100 valence electrons. The summed E-state index contributed by atoms with van der Waals surface area (Å²) in [6.07, 6.45) is 2.49. The normalized spacial score (nSPS) is 12.4. The van der Waals surface area contributed by atoms with Crippen molar-refractivity contribution in [3.05, 3.63) is 65.5 Å². The van der Waals surface area contributed by atoms with Crippen molar-refractivity contribution in [2.75, 3.05) is 6.54 Å². The standard InChI is InChI=1S/C15H16F2N2/c1-2-9-19-15(13-8-3-4-10-18-13)14-11(16)6-5-7-12(14)17/h3-8,10,15,19H,2,9H2,1H3. The molecule has 1 unspecified atom stereocenters. The topological polar surface area (TPSA) is 24.9 Å². The lowest BCUT2D eigenvalue weighted by Crippen LogP contribution is -2.26. The SMILES string of the molecule is CCCNC(c1ccccn1)c1c(F)cccc1F. The Bertz CT molecular complexity index is 509. The fourth-order valence-corrected chi connectivity index (χ4v) is 1.98. The number of pyridine rings is 1. The summed E-state index contributed by atoms with van der Waals surface area (Å²) in [7, 11) is 0. The first-order chi connectivity index (χ1) is 9.24. The molecule has 2 nitrogen and oxygen atoms in total. The summed E-state index contributed by atoms with van der Waals surface area (Å²) < 4.78 is 27.8. The molecule has 0 aliphatic rings. The van der Waals surface area contributed by atoms with Crippen LogP contribution in [0.2, 0.25) is 0 Å². The Morgan fingerprint density at radius 1 is 1.11 bits per heavy atom. The van der Waals surface area contributed by atoms with Gasteiger partial charge in [-0.1, -0.05) is 19.1 Å². The molecule has 0 radical (unpaired) electrons. The summed E-state index contributed by atoms with van der Waals surface area (Å²) in [6, 6.07) is 8.68. The number of nitrogens with one attached hydrogen (secondary N) is 1. The van der Waals surface area contributed by atoms with Crippen molar-refractivity contribution < 1.29 is 8.78 Å². The smallest absolute Gasteiger partial charge is 0.131 e. The van der Waals surface area contributed by atoms with Crippen LogP contribution in [0, 0.1) is 11.6 Å². The Balaban J connectivity index is 2.43. The molecule has 0 aliphatic carbocycles. The molecule has 1 heterocycles. The molecule has 1 N–H and O–H groups in total. The lowest BCUT2D eigenvalue weighted by atomic mass is 10.0. The van der Waals surface area contributed by atoms with Gasteiger partial charge in [0.05, 0.1) is 11.7 Å². The molecule has 0 spiro atoms. The van der Waals surface area contributed by atoms with Crippen LogP contribution >= 0.6 is 0 Å². The number of rotatable bonds is 5. The van der Waals surface area contributed by atoms with E-state index in [4.69, 9.17) is 0 Å². The second kappa shape index (κ2) is 6.38. The molecule has 2 rings (SSSR count). The van der Waals surface area contributed by atoms with E-state index in [1.165, 1.54) is 18.2 Å². The van der Waals surface area contributed by atoms with E-state index in [1.54, 1.807) is 18.3 Å². The van der Waals surface area contributed by atoms with Gasteiger partial charge in [-0.15, -0.1) is 0 Å². The van der Waals surface area contributed by atoms with E-state index in [2.05, 4.69) is 10.3 Å². The number of aromatic nitrogens is 1. The molecular formula is C15H16F2N2. The maximum Gasteiger partial charge on any atom is 0.131 e. The minimum Gasteiger partial charge on any atom is -0.305 e. The molecule has 0 aliphatic heterocycles. The van der Waals surface area contributed by atoms with Crippen LogP contribution in [0.1, 0.15) is 30.6 Å². The van der Waals surface area contributed by atoms with Crippen molar-refractivity contribution >= 4 is 0 Å². The highest BCUT2D eigenvalue weighted by atomic mass is 19.1. The van der Waals surface area contributed by atoms with Gasteiger partial charge in [-0.25, -0.2) is 8.78 Å². The van der Waals surface area contributed by atoms with E-state index in [9.17, 15) is 8.78 Å². The van der Waals surface area contributed by atoms with Crippen LogP contribution in [0.3, 0.4) is 0 Å². The Morgan fingerprint density at radius 2 is 1.84 bits per heavy atom. The van der Waals surface area contributed by atoms with Gasteiger partial charge in [0, 0.05) is 11.8 Å². The largest absolute Gasteiger partial charge is 0.305 e. The summed E-state index contributed by atoms with van der Waals surface area (Å²) >= 11 is 0. The lowest BCUT2D eigenvalue weighted by molar-refractivity contribution is 0.497. The van der Waals surface area contributed by atoms with Crippen LogP contribution in [0.5, 0.6) is 0 Å². The number of halogens is 2. The number of hydrogen-bond donors (Lipinski definition) is 1. The Labute approximate surface area is 111 Å². The average molecular weight is 262 g/mol. The van der Waals surface area contributed by atoms with Gasteiger partial charge in [0.15, 0.2) is 0 Å². The summed E-state index contributed by atoms with van der Waals surface area (Å²) in [6.45, 7) is 2.66. The molecule has 1 atom stereocenters. The second-order valence-corrected chi connectivity index (χ2v) is 4.28. The zero-order valence-corrected chi connectivity index (χ0v) is 10.7. The zero-order chi connectivity index (χ0) is 13.7. The molecule has 0 saturated heterocycles. The van der Waals surface area contributed by atoms with Gasteiger partial charge in [0.1, 0.15) is 11.6 Å². The average Bonchev–Trinajstić information content (AvgIpc) is 2.43. The first-order valence-electron chi connectivity index (χ1n) is 6.32. The van der Waals surface area contributed by atoms with Crippen molar-refractivity contribution in [1.29, 1.82) is 0 Å². The molecule has 1 aromatic carbocycles. The monoisotopic (exact) mass is 262 g/mol. The molecule has 0 amide bonds. The van der Waals surface area contributed by atoms with Crippen LogP contribution < -0.4 is 5.32 Å². The molecule has 19 heavy (non-hydrogen) atoms. The van der Waals surface area contributed by atoms with Crippen LogP contribution in [0.4, 0.5) is 8.78 Å². The second-order valence-electron chi connectivity index (χ2n) is 4.28. The Morgan fingerprint density at radius 3 is 2.42 bits per heavy atom. The van der Waals surface area contributed by atoms with Crippen molar-refractivity contribution in [1.82, 2.24) is 10.3 Å². The first kappa shape index (κ1) is 13.6. The fourth-order valence-electron chi connectivity index (χ4n) is 1.98. The summed E-state index contributed by atoms with van der Waals surface area (Å²) in [5.41, 5.74) is 0.634. The van der Waals surface area contributed by atoms with E-state index in [1.807, 2.05) is 13.0 Å². The predicted molar refractivity (Wildman–Crippen MR) is 70.7 cm³/mol. The highest BCUT2D eigenvalue weighted by Gasteiger charge is 2.21. The first-order valence-corrected chi connectivity index (χ1v) is 6.32. The zero-order valence-electron chi connectivity index (χ0n) is 10.7. The van der Waals surface area contributed by atoms with Crippen molar-refractivity contribution in [2.24, 2.45) is 0 Å². The molecular weight excluding hydrogens is 246 g/mol. The van der Waals surface area contributed by atoms with E-state index < -0.39 is 17.7 Å². The Hall–Kier alpha value is -1.81. The van der Waals surface area contributed by atoms with Crippen LogP contribution in [0.25, 0.3) is 0 Å². The van der Waals surface area contributed by atoms with Crippen LogP contribution in [0.15, 0.2) is 42.6 Å². The molecule has 0 fully saturated rings. The van der Waals surface area contributed by atoms with Crippen LogP contribution in [-0.4, -0.2) is 11.5 Å². The molecule has 1 aromatic heterocycles. The lowest BCUT2D eigenvalue weighted by Gasteiger charge is -2.19. The van der Waals surface area contributed by atoms with E-state index >= 15 is 0 Å².